The van der Waals surface area contributed by atoms with Gasteiger partial charge in [0.25, 0.3) is 5.91 Å². The Morgan fingerprint density at radius 2 is 1.70 bits per heavy atom. The molecule has 0 aliphatic carbocycles. The third kappa shape index (κ3) is 4.90. The first-order valence-corrected chi connectivity index (χ1v) is 10.3. The van der Waals surface area contributed by atoms with E-state index in [-0.39, 0.29) is 12.0 Å². The number of aromatic carboxylic acids is 1. The highest BCUT2D eigenvalue weighted by molar-refractivity contribution is 5.99. The Hall–Kier alpha value is -4.46. The van der Waals surface area contributed by atoms with Gasteiger partial charge in [-0.1, -0.05) is 37.3 Å². The Bertz CT molecular complexity index is 1310. The number of fused-ring (bicyclic) bond motifs is 1. The van der Waals surface area contributed by atoms with E-state index in [1.807, 2.05) is 30.3 Å². The highest BCUT2D eigenvalue weighted by Crippen LogP contribution is 2.22. The fraction of sp³-hybridized carbons (Fsp3) is 0.120. The zero-order chi connectivity index (χ0) is 23.4. The van der Waals surface area contributed by atoms with Crippen molar-refractivity contribution >= 4 is 34.6 Å². The Labute approximate surface area is 189 Å². The predicted octanol–water partition coefficient (Wildman–Crippen LogP) is 4.50. The number of amides is 1. The number of aromatic nitrogens is 2. The van der Waals surface area contributed by atoms with Crippen LogP contribution in [0.2, 0.25) is 0 Å². The van der Waals surface area contributed by atoms with Crippen molar-refractivity contribution in [3.05, 3.63) is 83.9 Å². The summed E-state index contributed by atoms with van der Waals surface area (Å²) in [4.78, 5) is 44.0. The van der Waals surface area contributed by atoms with Gasteiger partial charge < -0.3 is 20.1 Å². The first kappa shape index (κ1) is 21.8. The van der Waals surface area contributed by atoms with Crippen LogP contribution in [0, 0.1) is 0 Å². The molecular formula is C25H21N3O5. The summed E-state index contributed by atoms with van der Waals surface area (Å²) in [5, 5.41) is 11.6. The molecule has 0 aliphatic heterocycles. The van der Waals surface area contributed by atoms with E-state index in [1.165, 1.54) is 24.3 Å². The van der Waals surface area contributed by atoms with Crippen LogP contribution >= 0.6 is 0 Å². The maximum atomic E-state index is 12.7. The largest absolute Gasteiger partial charge is 0.478 e. The minimum atomic E-state index is -1.06. The number of carbonyl (C=O) groups excluding carboxylic acids is 2. The molecule has 3 aromatic carbocycles. The van der Waals surface area contributed by atoms with Gasteiger partial charge in [0, 0.05) is 11.3 Å². The Balaban J connectivity index is 1.46. The van der Waals surface area contributed by atoms with Crippen molar-refractivity contribution in [3.63, 3.8) is 0 Å². The van der Waals surface area contributed by atoms with Crippen LogP contribution in [0.15, 0.2) is 72.8 Å². The molecule has 0 saturated heterocycles. The van der Waals surface area contributed by atoms with E-state index in [1.54, 1.807) is 25.1 Å². The van der Waals surface area contributed by atoms with Gasteiger partial charge >= 0.3 is 11.9 Å². The van der Waals surface area contributed by atoms with Gasteiger partial charge in [-0.2, -0.15) is 0 Å². The molecule has 0 spiro atoms. The molecule has 4 aromatic rings. The van der Waals surface area contributed by atoms with Crippen molar-refractivity contribution in [1.82, 2.24) is 9.97 Å². The van der Waals surface area contributed by atoms with E-state index in [0.717, 1.165) is 5.56 Å². The number of anilines is 1. The molecule has 166 valence electrons. The summed E-state index contributed by atoms with van der Waals surface area (Å²) in [5.41, 5.74) is 3.13. The number of nitrogens with one attached hydrogen (secondary N) is 2. The normalized spacial score (nSPS) is 11.7. The van der Waals surface area contributed by atoms with E-state index in [0.29, 0.717) is 28.1 Å². The molecule has 0 fully saturated rings. The van der Waals surface area contributed by atoms with E-state index in [2.05, 4.69) is 15.3 Å². The smallest absolute Gasteiger partial charge is 0.338 e. The van der Waals surface area contributed by atoms with E-state index in [9.17, 15) is 14.4 Å². The molecule has 0 radical (unpaired) electrons. The minimum absolute atomic E-state index is 0.107. The van der Waals surface area contributed by atoms with Crippen molar-refractivity contribution in [2.45, 2.75) is 19.4 Å². The molecule has 8 heteroatoms. The molecule has 1 unspecified atom stereocenters. The van der Waals surface area contributed by atoms with Crippen LogP contribution in [0.25, 0.3) is 22.4 Å². The number of ether oxygens (including phenoxy) is 1. The number of benzene rings is 3. The number of carboxylic acid groups (broad SMARTS) is 1. The summed E-state index contributed by atoms with van der Waals surface area (Å²) < 4.78 is 5.44. The van der Waals surface area contributed by atoms with Crippen molar-refractivity contribution in [1.29, 1.82) is 0 Å². The second-order valence-electron chi connectivity index (χ2n) is 7.36. The topological polar surface area (TPSA) is 121 Å². The molecule has 3 N–H and O–H groups in total. The maximum Gasteiger partial charge on any atom is 0.338 e. The van der Waals surface area contributed by atoms with Crippen molar-refractivity contribution in [3.8, 4) is 11.4 Å². The standard InChI is InChI=1S/C25H21N3O5/c1-2-21(23(29)26-18-11-8-16(9-12-18)24(30)31)33-25(32)17-10-13-19-20(14-17)28-22(27-19)15-6-4-3-5-7-15/h3-14,21H,2H2,1H3,(H,26,29)(H,27,28)(H,30,31). The highest BCUT2D eigenvalue weighted by Gasteiger charge is 2.22. The number of aromatic amines is 1. The van der Waals surface area contributed by atoms with Gasteiger partial charge in [0.15, 0.2) is 6.10 Å². The van der Waals surface area contributed by atoms with Crippen molar-refractivity contribution < 1.29 is 24.2 Å². The number of nitrogens with zero attached hydrogens (tertiary/aromatic N) is 1. The van der Waals surface area contributed by atoms with Crippen LogP contribution < -0.4 is 5.32 Å². The number of H-pyrrole nitrogens is 1. The maximum absolute atomic E-state index is 12.7. The zero-order valence-corrected chi connectivity index (χ0v) is 17.7. The number of imidazole rings is 1. The molecular weight excluding hydrogens is 422 g/mol. The summed E-state index contributed by atoms with van der Waals surface area (Å²) in [7, 11) is 0. The predicted molar refractivity (Wildman–Crippen MR) is 123 cm³/mol. The molecule has 1 atom stereocenters. The summed E-state index contributed by atoms with van der Waals surface area (Å²) in [6, 6.07) is 20.3. The van der Waals surface area contributed by atoms with Gasteiger partial charge in [-0.15, -0.1) is 0 Å². The summed E-state index contributed by atoms with van der Waals surface area (Å²) in [5.74, 6) is -1.49. The van der Waals surface area contributed by atoms with Gasteiger partial charge in [-0.3, -0.25) is 4.79 Å². The molecule has 0 aliphatic rings. The van der Waals surface area contributed by atoms with Gasteiger partial charge in [0.1, 0.15) is 5.82 Å². The van der Waals surface area contributed by atoms with Crippen molar-refractivity contribution in [2.24, 2.45) is 0 Å². The third-order valence-electron chi connectivity index (χ3n) is 5.08. The molecule has 1 heterocycles. The first-order valence-electron chi connectivity index (χ1n) is 10.3. The molecule has 0 bridgehead atoms. The third-order valence-corrected chi connectivity index (χ3v) is 5.08. The number of hydrogen-bond donors (Lipinski definition) is 3. The highest BCUT2D eigenvalue weighted by atomic mass is 16.5. The van der Waals surface area contributed by atoms with E-state index >= 15 is 0 Å². The lowest BCUT2D eigenvalue weighted by Crippen LogP contribution is -2.32. The number of carboxylic acids is 1. The lowest BCUT2D eigenvalue weighted by molar-refractivity contribution is -0.124. The molecule has 33 heavy (non-hydrogen) atoms. The number of rotatable bonds is 7. The second kappa shape index (κ2) is 9.35. The van der Waals surface area contributed by atoms with Crippen LogP contribution in [0.3, 0.4) is 0 Å². The van der Waals surface area contributed by atoms with Gasteiger partial charge in [0.05, 0.1) is 22.2 Å². The summed E-state index contributed by atoms with van der Waals surface area (Å²) >= 11 is 0. The number of esters is 1. The van der Waals surface area contributed by atoms with Crippen molar-refractivity contribution in [2.75, 3.05) is 5.32 Å². The van der Waals surface area contributed by atoms with Gasteiger partial charge in [0.2, 0.25) is 0 Å². The van der Waals surface area contributed by atoms with Crippen LogP contribution in [0.1, 0.15) is 34.1 Å². The molecule has 1 aromatic heterocycles. The molecule has 1 amide bonds. The molecule has 0 saturated carbocycles. The van der Waals surface area contributed by atoms with E-state index < -0.39 is 23.9 Å². The van der Waals surface area contributed by atoms with Crippen LogP contribution in [-0.4, -0.2) is 39.0 Å². The Kier molecular flexibility index (Phi) is 6.17. The first-order chi connectivity index (χ1) is 15.9. The van der Waals surface area contributed by atoms with Crippen LogP contribution in [0.4, 0.5) is 5.69 Å². The van der Waals surface area contributed by atoms with Gasteiger partial charge in [-0.25, -0.2) is 14.6 Å². The quantitative estimate of drug-likeness (QED) is 0.362. The summed E-state index contributed by atoms with van der Waals surface area (Å²) in [6.07, 6.45) is -0.733. The monoisotopic (exact) mass is 443 g/mol. The zero-order valence-electron chi connectivity index (χ0n) is 17.7. The second-order valence-corrected chi connectivity index (χ2v) is 7.36. The van der Waals surface area contributed by atoms with Crippen LogP contribution in [-0.2, 0) is 9.53 Å². The van der Waals surface area contributed by atoms with Crippen LogP contribution in [0.5, 0.6) is 0 Å². The lowest BCUT2D eigenvalue weighted by atomic mass is 10.2. The minimum Gasteiger partial charge on any atom is -0.478 e. The fourth-order valence-corrected chi connectivity index (χ4v) is 3.31. The van der Waals surface area contributed by atoms with E-state index in [4.69, 9.17) is 9.84 Å². The molecule has 4 rings (SSSR count). The number of hydrogen-bond acceptors (Lipinski definition) is 5. The average molecular weight is 443 g/mol. The number of carbonyl (C=O) groups is 3. The molecule has 8 nitrogen and oxygen atoms in total. The Morgan fingerprint density at radius 1 is 1.00 bits per heavy atom. The average Bonchev–Trinajstić information content (AvgIpc) is 3.26. The lowest BCUT2D eigenvalue weighted by Gasteiger charge is -2.16. The van der Waals surface area contributed by atoms with Gasteiger partial charge in [-0.05, 0) is 48.9 Å². The SMILES string of the molecule is CCC(OC(=O)c1ccc2nc(-c3ccccc3)[nH]c2c1)C(=O)Nc1ccc(C(=O)O)cc1. The Morgan fingerprint density at radius 3 is 2.36 bits per heavy atom. The fourth-order valence-electron chi connectivity index (χ4n) is 3.31. The summed E-state index contributed by atoms with van der Waals surface area (Å²) in [6.45, 7) is 1.73.